The van der Waals surface area contributed by atoms with Gasteiger partial charge >= 0.3 is 0 Å². The molecule has 0 spiro atoms. The van der Waals surface area contributed by atoms with E-state index in [1.807, 2.05) is 25.1 Å². The first-order chi connectivity index (χ1) is 13.6. The fourth-order valence-corrected chi connectivity index (χ4v) is 3.66. The number of rotatable bonds is 10. The molecule has 2 rings (SSSR count). The molecule has 0 saturated carbocycles. The zero-order valence-electron chi connectivity index (χ0n) is 17.1. The molecule has 1 aliphatic heterocycles. The molecule has 3 amide bonds. The lowest BCUT2D eigenvalue weighted by molar-refractivity contribution is -0.141. The third-order valence-electron chi connectivity index (χ3n) is 5.33. The Kier molecular flexibility index (Phi) is 8.98. The van der Waals surface area contributed by atoms with Crippen LogP contribution < -0.4 is 10.6 Å². The Labute approximate surface area is 168 Å². The van der Waals surface area contributed by atoms with Gasteiger partial charge in [-0.15, -0.1) is 0 Å². The highest BCUT2D eigenvalue weighted by atomic mass is 16.2. The Morgan fingerprint density at radius 3 is 2.50 bits per heavy atom. The summed E-state index contributed by atoms with van der Waals surface area (Å²) in [6.07, 6.45) is 5.38. The van der Waals surface area contributed by atoms with Crippen molar-refractivity contribution in [2.75, 3.05) is 19.6 Å². The maximum atomic E-state index is 12.9. The van der Waals surface area contributed by atoms with E-state index in [-0.39, 0.29) is 29.7 Å². The second-order valence-electron chi connectivity index (χ2n) is 7.35. The molecule has 1 saturated heterocycles. The molecule has 1 aromatic rings. The lowest BCUT2D eigenvalue weighted by Gasteiger charge is -2.28. The number of carbonyl (C=O) groups excluding carboxylic acids is 3. The van der Waals surface area contributed by atoms with E-state index in [0.717, 1.165) is 32.1 Å². The van der Waals surface area contributed by atoms with Crippen LogP contribution in [0.25, 0.3) is 0 Å². The maximum Gasteiger partial charge on any atom is 0.251 e. The molecule has 154 valence electrons. The monoisotopic (exact) mass is 387 g/mol. The topological polar surface area (TPSA) is 78.5 Å². The van der Waals surface area contributed by atoms with Gasteiger partial charge in [0.1, 0.15) is 6.04 Å². The number of amides is 3. The number of hydrogen-bond donors (Lipinski definition) is 2. The van der Waals surface area contributed by atoms with Crippen molar-refractivity contribution in [3.63, 3.8) is 0 Å². The molecule has 1 fully saturated rings. The van der Waals surface area contributed by atoms with E-state index in [2.05, 4.69) is 17.6 Å². The number of nitrogens with one attached hydrogen (secondary N) is 2. The van der Waals surface area contributed by atoms with Crippen LogP contribution in [0.15, 0.2) is 30.3 Å². The predicted molar refractivity (Wildman–Crippen MR) is 110 cm³/mol. The van der Waals surface area contributed by atoms with Crippen LogP contribution >= 0.6 is 0 Å². The summed E-state index contributed by atoms with van der Waals surface area (Å²) >= 11 is 0. The van der Waals surface area contributed by atoms with E-state index in [1.165, 1.54) is 0 Å². The second kappa shape index (κ2) is 11.5. The number of unbranched alkanes of at least 4 members (excludes halogenated alkanes) is 1. The summed E-state index contributed by atoms with van der Waals surface area (Å²) in [6.45, 7) is 5.53. The van der Waals surface area contributed by atoms with Gasteiger partial charge in [0.25, 0.3) is 5.91 Å². The third-order valence-corrected chi connectivity index (χ3v) is 5.33. The van der Waals surface area contributed by atoms with E-state index in [0.29, 0.717) is 31.6 Å². The van der Waals surface area contributed by atoms with Crippen molar-refractivity contribution in [2.45, 2.75) is 58.4 Å². The second-order valence-corrected chi connectivity index (χ2v) is 7.35. The molecule has 0 radical (unpaired) electrons. The number of nitrogens with zero attached hydrogens (tertiary/aromatic N) is 1. The van der Waals surface area contributed by atoms with Gasteiger partial charge < -0.3 is 15.5 Å². The van der Waals surface area contributed by atoms with Crippen LogP contribution in [0, 0.1) is 5.92 Å². The highest BCUT2D eigenvalue weighted by molar-refractivity contribution is 5.94. The quantitative estimate of drug-likeness (QED) is 0.606. The summed E-state index contributed by atoms with van der Waals surface area (Å²) < 4.78 is 0. The van der Waals surface area contributed by atoms with Crippen LogP contribution in [0.5, 0.6) is 0 Å². The molecule has 2 atom stereocenters. The summed E-state index contributed by atoms with van der Waals surface area (Å²) in [5, 5.41) is 5.66. The van der Waals surface area contributed by atoms with Gasteiger partial charge in [-0.25, -0.2) is 0 Å². The summed E-state index contributed by atoms with van der Waals surface area (Å²) in [7, 11) is 0. The predicted octanol–water partition coefficient (Wildman–Crippen LogP) is 2.74. The summed E-state index contributed by atoms with van der Waals surface area (Å²) in [6, 6.07) is 8.60. The van der Waals surface area contributed by atoms with Gasteiger partial charge in [-0.3, -0.25) is 14.4 Å². The van der Waals surface area contributed by atoms with Crippen molar-refractivity contribution in [1.29, 1.82) is 0 Å². The minimum absolute atomic E-state index is 0.0125. The molecular formula is C22H33N3O3. The Morgan fingerprint density at radius 1 is 1.11 bits per heavy atom. The molecule has 28 heavy (non-hydrogen) atoms. The van der Waals surface area contributed by atoms with Crippen molar-refractivity contribution in [1.82, 2.24) is 15.5 Å². The van der Waals surface area contributed by atoms with Crippen molar-refractivity contribution < 1.29 is 14.4 Å². The SMILES string of the molecule is CCCCC(CC)C(=O)N1CCC[C@H]1C(=O)NCCNC(=O)c1ccccc1. The lowest BCUT2D eigenvalue weighted by Crippen LogP contribution is -2.49. The fraction of sp³-hybridized carbons (Fsp3) is 0.591. The Balaban J connectivity index is 1.79. The summed E-state index contributed by atoms with van der Waals surface area (Å²) in [5.41, 5.74) is 0.596. The van der Waals surface area contributed by atoms with Gasteiger partial charge in [0.05, 0.1) is 0 Å². The van der Waals surface area contributed by atoms with Crippen LogP contribution in [-0.4, -0.2) is 48.3 Å². The van der Waals surface area contributed by atoms with Crippen LogP contribution in [0.2, 0.25) is 0 Å². The van der Waals surface area contributed by atoms with E-state index in [4.69, 9.17) is 0 Å². The molecule has 6 nitrogen and oxygen atoms in total. The number of hydrogen-bond acceptors (Lipinski definition) is 3. The first-order valence-corrected chi connectivity index (χ1v) is 10.5. The van der Waals surface area contributed by atoms with E-state index in [1.54, 1.807) is 17.0 Å². The zero-order valence-corrected chi connectivity index (χ0v) is 17.1. The van der Waals surface area contributed by atoms with Crippen LogP contribution in [0.3, 0.4) is 0 Å². The average Bonchev–Trinajstić information content (AvgIpc) is 3.22. The molecular weight excluding hydrogens is 354 g/mol. The van der Waals surface area contributed by atoms with Crippen molar-refractivity contribution >= 4 is 17.7 Å². The number of carbonyl (C=O) groups is 3. The minimum atomic E-state index is -0.381. The van der Waals surface area contributed by atoms with Crippen molar-refractivity contribution in [3.8, 4) is 0 Å². The molecule has 0 aromatic heterocycles. The minimum Gasteiger partial charge on any atom is -0.353 e. The van der Waals surface area contributed by atoms with E-state index < -0.39 is 0 Å². The third kappa shape index (κ3) is 6.08. The highest BCUT2D eigenvalue weighted by Crippen LogP contribution is 2.23. The number of likely N-dealkylation sites (tertiary alicyclic amines) is 1. The van der Waals surface area contributed by atoms with E-state index in [9.17, 15) is 14.4 Å². The standard InChI is InChI=1S/C22H33N3O3/c1-3-5-10-17(4-2)22(28)25-16-9-13-19(25)21(27)24-15-14-23-20(26)18-11-7-6-8-12-18/h6-8,11-12,17,19H,3-5,9-10,13-16H2,1-2H3,(H,23,26)(H,24,27)/t17?,19-/m0/s1. The molecule has 0 aliphatic carbocycles. The molecule has 1 unspecified atom stereocenters. The smallest absolute Gasteiger partial charge is 0.251 e. The Morgan fingerprint density at radius 2 is 1.82 bits per heavy atom. The molecule has 1 heterocycles. The van der Waals surface area contributed by atoms with Crippen LogP contribution in [0.4, 0.5) is 0 Å². The van der Waals surface area contributed by atoms with Gasteiger partial charge in [-0.1, -0.05) is 44.9 Å². The van der Waals surface area contributed by atoms with Crippen LogP contribution in [0.1, 0.15) is 62.7 Å². The number of benzene rings is 1. The average molecular weight is 388 g/mol. The molecule has 0 bridgehead atoms. The molecule has 6 heteroatoms. The zero-order chi connectivity index (χ0) is 20.4. The van der Waals surface area contributed by atoms with Gasteiger partial charge in [-0.2, -0.15) is 0 Å². The molecule has 1 aromatic carbocycles. The highest BCUT2D eigenvalue weighted by Gasteiger charge is 2.36. The van der Waals surface area contributed by atoms with Gasteiger partial charge in [0.2, 0.25) is 11.8 Å². The lowest BCUT2D eigenvalue weighted by atomic mass is 9.97. The van der Waals surface area contributed by atoms with E-state index >= 15 is 0 Å². The first-order valence-electron chi connectivity index (χ1n) is 10.5. The largest absolute Gasteiger partial charge is 0.353 e. The van der Waals surface area contributed by atoms with Crippen LogP contribution in [-0.2, 0) is 9.59 Å². The van der Waals surface area contributed by atoms with Gasteiger partial charge in [-0.05, 0) is 37.8 Å². The van der Waals surface area contributed by atoms with Gasteiger partial charge in [0, 0.05) is 31.1 Å². The Hall–Kier alpha value is -2.37. The van der Waals surface area contributed by atoms with Crippen molar-refractivity contribution in [2.24, 2.45) is 5.92 Å². The fourth-order valence-electron chi connectivity index (χ4n) is 3.66. The molecule has 1 aliphatic rings. The summed E-state index contributed by atoms with van der Waals surface area (Å²) in [5.74, 6) is -0.149. The Bertz CT molecular complexity index is 648. The summed E-state index contributed by atoms with van der Waals surface area (Å²) in [4.78, 5) is 39.2. The normalized spacial score (nSPS) is 17.2. The van der Waals surface area contributed by atoms with Crippen molar-refractivity contribution in [3.05, 3.63) is 35.9 Å². The molecule has 2 N–H and O–H groups in total. The first kappa shape index (κ1) is 21.9. The van der Waals surface area contributed by atoms with Gasteiger partial charge in [0.15, 0.2) is 0 Å². The maximum absolute atomic E-state index is 12.9.